The first kappa shape index (κ1) is 20.2. The quantitative estimate of drug-likeness (QED) is 0.492. The molecule has 8 nitrogen and oxygen atoms in total. The Morgan fingerprint density at radius 1 is 1.19 bits per heavy atom. The average molecular weight is 430 g/mol. The van der Waals surface area contributed by atoms with E-state index in [0.29, 0.717) is 17.1 Å². The van der Waals surface area contributed by atoms with Crippen LogP contribution in [0.1, 0.15) is 29.6 Å². The lowest BCUT2D eigenvalue weighted by molar-refractivity contribution is 0.102. The Labute approximate surface area is 167 Å². The molecule has 1 aliphatic rings. The van der Waals surface area contributed by atoms with E-state index in [4.69, 9.17) is 11.6 Å². The number of nitrogens with zero attached hydrogens (tertiary/aromatic N) is 3. The van der Waals surface area contributed by atoms with Crippen LogP contribution in [0.2, 0.25) is 5.02 Å². The van der Waals surface area contributed by atoms with Gasteiger partial charge in [-0.1, -0.05) is 22.9 Å². The molecular formula is C16H20ClN5O3S2. The molecule has 1 amide bonds. The zero-order valence-corrected chi connectivity index (χ0v) is 16.9. The van der Waals surface area contributed by atoms with Gasteiger partial charge in [-0.15, -0.1) is 10.2 Å². The van der Waals surface area contributed by atoms with Crippen LogP contribution in [-0.2, 0) is 10.0 Å². The topological polar surface area (TPSA) is 104 Å². The highest BCUT2D eigenvalue weighted by molar-refractivity contribution is 7.91. The molecule has 1 aromatic carbocycles. The fourth-order valence-electron chi connectivity index (χ4n) is 2.72. The molecule has 27 heavy (non-hydrogen) atoms. The van der Waals surface area contributed by atoms with E-state index in [1.165, 1.54) is 12.8 Å². The third kappa shape index (κ3) is 5.69. The normalized spacial score (nSPS) is 15.1. The molecule has 3 rings (SSSR count). The van der Waals surface area contributed by atoms with Crippen LogP contribution in [-0.4, -0.2) is 55.6 Å². The number of aromatic nitrogens is 2. The molecule has 2 N–H and O–H groups in total. The SMILES string of the molecule is O=C(Nc1nnc(S(=O)(=O)NCCCN2CCCC2)s1)c1ccc(Cl)cc1. The van der Waals surface area contributed by atoms with Crippen molar-refractivity contribution in [1.82, 2.24) is 19.8 Å². The van der Waals surface area contributed by atoms with Gasteiger partial charge in [0.25, 0.3) is 15.9 Å². The molecule has 0 aliphatic carbocycles. The summed E-state index contributed by atoms with van der Waals surface area (Å²) in [5.74, 6) is -0.412. The standard InChI is InChI=1S/C16H20ClN5O3S2/c17-13-6-4-12(5-7-13)14(23)19-15-20-21-16(26-15)27(24,25)18-8-3-11-22-9-1-2-10-22/h4-7,18H,1-3,8-11H2,(H,19,20,23). The highest BCUT2D eigenvalue weighted by atomic mass is 35.5. The largest absolute Gasteiger partial charge is 0.303 e. The summed E-state index contributed by atoms with van der Waals surface area (Å²) < 4.78 is 26.9. The highest BCUT2D eigenvalue weighted by Gasteiger charge is 2.21. The number of halogens is 1. The van der Waals surface area contributed by atoms with Gasteiger partial charge in [-0.05, 0) is 63.2 Å². The third-order valence-corrected chi connectivity index (χ3v) is 7.02. The Hall–Kier alpha value is -1.59. The lowest BCUT2D eigenvalue weighted by Crippen LogP contribution is -2.28. The van der Waals surface area contributed by atoms with Crippen molar-refractivity contribution in [2.75, 3.05) is 31.5 Å². The number of carbonyl (C=O) groups is 1. The first-order chi connectivity index (χ1) is 12.9. The van der Waals surface area contributed by atoms with Crippen molar-refractivity contribution >= 4 is 44.0 Å². The second-order valence-electron chi connectivity index (χ2n) is 6.13. The van der Waals surface area contributed by atoms with E-state index in [2.05, 4.69) is 25.1 Å². The molecule has 1 aliphatic heterocycles. The van der Waals surface area contributed by atoms with Crippen LogP contribution in [0.15, 0.2) is 28.6 Å². The summed E-state index contributed by atoms with van der Waals surface area (Å²) in [7, 11) is -3.73. The second kappa shape index (κ2) is 9.07. The van der Waals surface area contributed by atoms with Crippen molar-refractivity contribution in [2.45, 2.75) is 23.6 Å². The maximum atomic E-state index is 12.3. The van der Waals surface area contributed by atoms with E-state index in [1.54, 1.807) is 24.3 Å². The van der Waals surface area contributed by atoms with Gasteiger partial charge in [0, 0.05) is 17.1 Å². The van der Waals surface area contributed by atoms with Crippen molar-refractivity contribution in [3.8, 4) is 0 Å². The number of carbonyl (C=O) groups excluding carboxylic acids is 1. The lowest BCUT2D eigenvalue weighted by atomic mass is 10.2. The number of hydrogen-bond donors (Lipinski definition) is 2. The lowest BCUT2D eigenvalue weighted by Gasteiger charge is -2.13. The molecule has 0 spiro atoms. The summed E-state index contributed by atoms with van der Waals surface area (Å²) in [6.07, 6.45) is 3.15. The molecule has 1 aromatic heterocycles. The van der Waals surface area contributed by atoms with Gasteiger partial charge in [0.05, 0.1) is 0 Å². The third-order valence-electron chi connectivity index (χ3n) is 4.11. The molecule has 146 valence electrons. The van der Waals surface area contributed by atoms with Gasteiger partial charge in [0.15, 0.2) is 0 Å². The predicted octanol–water partition coefficient (Wildman–Crippen LogP) is 2.21. The number of rotatable bonds is 8. The van der Waals surface area contributed by atoms with E-state index in [-0.39, 0.29) is 9.47 Å². The number of nitrogens with one attached hydrogen (secondary N) is 2. The Morgan fingerprint density at radius 3 is 2.59 bits per heavy atom. The summed E-state index contributed by atoms with van der Waals surface area (Å²) >= 11 is 6.60. The minimum absolute atomic E-state index is 0.118. The fraction of sp³-hybridized carbons (Fsp3) is 0.438. The van der Waals surface area contributed by atoms with Crippen molar-refractivity contribution in [3.63, 3.8) is 0 Å². The van der Waals surface area contributed by atoms with Gasteiger partial charge in [-0.3, -0.25) is 10.1 Å². The molecule has 0 saturated carbocycles. The molecule has 0 unspecified atom stereocenters. The maximum absolute atomic E-state index is 12.3. The van der Waals surface area contributed by atoms with Gasteiger partial charge >= 0.3 is 0 Å². The van der Waals surface area contributed by atoms with E-state index < -0.39 is 15.9 Å². The van der Waals surface area contributed by atoms with Gasteiger partial charge in [-0.25, -0.2) is 13.1 Å². The van der Waals surface area contributed by atoms with Crippen molar-refractivity contribution in [2.24, 2.45) is 0 Å². The van der Waals surface area contributed by atoms with Gasteiger partial charge in [0.1, 0.15) is 0 Å². The van der Waals surface area contributed by atoms with Gasteiger partial charge in [-0.2, -0.15) is 0 Å². The van der Waals surface area contributed by atoms with E-state index in [0.717, 1.165) is 37.4 Å². The molecule has 0 atom stereocenters. The molecule has 2 heterocycles. The van der Waals surface area contributed by atoms with E-state index in [9.17, 15) is 13.2 Å². The number of benzene rings is 1. The summed E-state index contributed by atoms with van der Waals surface area (Å²) in [5, 5.41) is 10.6. The van der Waals surface area contributed by atoms with E-state index >= 15 is 0 Å². The van der Waals surface area contributed by atoms with Crippen molar-refractivity contribution < 1.29 is 13.2 Å². The van der Waals surface area contributed by atoms with Gasteiger partial charge < -0.3 is 4.90 Å². The van der Waals surface area contributed by atoms with Crippen LogP contribution in [0.3, 0.4) is 0 Å². The summed E-state index contributed by atoms with van der Waals surface area (Å²) in [4.78, 5) is 14.5. The van der Waals surface area contributed by atoms with E-state index in [1.807, 2.05) is 0 Å². The molecule has 0 radical (unpaired) electrons. The zero-order valence-electron chi connectivity index (χ0n) is 14.5. The monoisotopic (exact) mass is 429 g/mol. The number of likely N-dealkylation sites (tertiary alicyclic amines) is 1. The van der Waals surface area contributed by atoms with Crippen molar-refractivity contribution in [3.05, 3.63) is 34.9 Å². The van der Waals surface area contributed by atoms with Crippen LogP contribution in [0, 0.1) is 0 Å². The van der Waals surface area contributed by atoms with Crippen molar-refractivity contribution in [1.29, 1.82) is 0 Å². The Balaban J connectivity index is 1.52. The Bertz CT molecular complexity index is 880. The first-order valence-electron chi connectivity index (χ1n) is 8.56. The number of hydrogen-bond acceptors (Lipinski definition) is 7. The Kier molecular flexibility index (Phi) is 6.77. The number of anilines is 1. The van der Waals surface area contributed by atoms with Crippen LogP contribution < -0.4 is 10.0 Å². The minimum atomic E-state index is -3.73. The minimum Gasteiger partial charge on any atom is -0.303 e. The van der Waals surface area contributed by atoms with Gasteiger partial charge in [0.2, 0.25) is 9.47 Å². The number of sulfonamides is 1. The second-order valence-corrected chi connectivity index (χ2v) is 9.49. The first-order valence-corrected chi connectivity index (χ1v) is 11.2. The summed E-state index contributed by atoms with van der Waals surface area (Å²) in [5.41, 5.74) is 0.388. The average Bonchev–Trinajstić information content (AvgIpc) is 3.31. The summed E-state index contributed by atoms with van der Waals surface area (Å²) in [6, 6.07) is 6.33. The molecule has 1 fully saturated rings. The molecule has 11 heteroatoms. The number of amides is 1. The predicted molar refractivity (Wildman–Crippen MR) is 105 cm³/mol. The van der Waals surface area contributed by atoms with Crippen LogP contribution in [0.4, 0.5) is 5.13 Å². The molecule has 2 aromatic rings. The van der Waals surface area contributed by atoms with Crippen LogP contribution in [0.25, 0.3) is 0 Å². The molecule has 1 saturated heterocycles. The van der Waals surface area contributed by atoms with Crippen LogP contribution >= 0.6 is 22.9 Å². The molecule has 0 bridgehead atoms. The highest BCUT2D eigenvalue weighted by Crippen LogP contribution is 2.20. The fourth-order valence-corrected chi connectivity index (χ4v) is 4.85. The maximum Gasteiger partial charge on any atom is 0.269 e. The summed E-state index contributed by atoms with van der Waals surface area (Å²) in [6.45, 7) is 3.38. The smallest absolute Gasteiger partial charge is 0.269 e. The molecular weight excluding hydrogens is 410 g/mol. The van der Waals surface area contributed by atoms with Crippen LogP contribution in [0.5, 0.6) is 0 Å². The Morgan fingerprint density at radius 2 is 1.89 bits per heavy atom. The zero-order chi connectivity index (χ0) is 19.3.